The second-order valence-electron chi connectivity index (χ2n) is 7.61. The van der Waals surface area contributed by atoms with Crippen molar-refractivity contribution in [1.29, 1.82) is 0 Å². The average molecular weight is 340 g/mol. The summed E-state index contributed by atoms with van der Waals surface area (Å²) in [7, 11) is 1.33. The highest BCUT2D eigenvalue weighted by molar-refractivity contribution is 5.89. The van der Waals surface area contributed by atoms with Crippen LogP contribution in [0.2, 0.25) is 0 Å². The zero-order valence-corrected chi connectivity index (χ0v) is 15.9. The highest BCUT2D eigenvalue weighted by Gasteiger charge is 2.40. The molecule has 2 amide bonds. The molecule has 1 fully saturated rings. The van der Waals surface area contributed by atoms with Gasteiger partial charge in [0.1, 0.15) is 5.54 Å². The number of nitrogens with zero attached hydrogens (tertiary/aromatic N) is 1. The first-order valence-electron chi connectivity index (χ1n) is 8.81. The monoisotopic (exact) mass is 340 g/mol. The van der Waals surface area contributed by atoms with Crippen LogP contribution in [0.3, 0.4) is 0 Å². The molecule has 0 aromatic heterocycles. The Morgan fingerprint density at radius 2 is 1.75 bits per heavy atom. The van der Waals surface area contributed by atoms with Gasteiger partial charge in [0, 0.05) is 18.5 Å². The minimum atomic E-state index is -0.984. The third-order valence-corrected chi connectivity index (χ3v) is 4.87. The molecular weight excluding hydrogens is 308 g/mol. The van der Waals surface area contributed by atoms with Gasteiger partial charge in [0.05, 0.1) is 13.0 Å². The number of piperidine rings is 1. The smallest absolute Gasteiger partial charge is 0.331 e. The Balaban J connectivity index is 2.83. The van der Waals surface area contributed by atoms with Crippen molar-refractivity contribution >= 4 is 17.8 Å². The number of nitrogens with one attached hydrogen (secondary N) is 1. The van der Waals surface area contributed by atoms with E-state index in [0.717, 1.165) is 12.8 Å². The summed E-state index contributed by atoms with van der Waals surface area (Å²) in [6.07, 6.45) is 2.46. The van der Waals surface area contributed by atoms with Crippen molar-refractivity contribution in [2.75, 3.05) is 20.2 Å². The third kappa shape index (κ3) is 4.48. The second-order valence-corrected chi connectivity index (χ2v) is 7.61. The number of likely N-dealkylation sites (tertiary alicyclic amines) is 1. The zero-order valence-electron chi connectivity index (χ0n) is 15.9. The van der Waals surface area contributed by atoms with E-state index >= 15 is 0 Å². The van der Waals surface area contributed by atoms with Gasteiger partial charge in [-0.2, -0.15) is 0 Å². The Morgan fingerprint density at radius 3 is 2.21 bits per heavy atom. The molecule has 1 N–H and O–H groups in total. The highest BCUT2D eigenvalue weighted by Crippen LogP contribution is 2.25. The number of ether oxygens (including phenoxy) is 1. The number of methoxy groups -OCH3 is 1. The first-order chi connectivity index (χ1) is 11.1. The molecule has 0 aromatic rings. The topological polar surface area (TPSA) is 75.7 Å². The van der Waals surface area contributed by atoms with Crippen molar-refractivity contribution in [3.63, 3.8) is 0 Å². The predicted molar refractivity (Wildman–Crippen MR) is 92.2 cm³/mol. The van der Waals surface area contributed by atoms with E-state index in [1.807, 2.05) is 34.6 Å². The van der Waals surface area contributed by atoms with E-state index in [0.29, 0.717) is 25.9 Å². The molecule has 0 spiro atoms. The van der Waals surface area contributed by atoms with E-state index in [9.17, 15) is 14.4 Å². The number of hydrogen-bond donors (Lipinski definition) is 1. The number of esters is 1. The Kier molecular flexibility index (Phi) is 6.81. The molecular formula is C18H32N2O4. The zero-order chi connectivity index (χ0) is 18.5. The second kappa shape index (κ2) is 7.99. The number of rotatable bonds is 5. The molecule has 0 bridgehead atoms. The van der Waals surface area contributed by atoms with E-state index in [-0.39, 0.29) is 17.7 Å². The molecule has 0 aromatic carbocycles. The summed E-state index contributed by atoms with van der Waals surface area (Å²) in [5, 5.41) is 2.90. The van der Waals surface area contributed by atoms with E-state index in [4.69, 9.17) is 4.74 Å². The molecule has 1 atom stereocenters. The van der Waals surface area contributed by atoms with Gasteiger partial charge in [0.2, 0.25) is 11.8 Å². The van der Waals surface area contributed by atoms with E-state index in [1.54, 1.807) is 4.90 Å². The van der Waals surface area contributed by atoms with Crippen molar-refractivity contribution in [3.05, 3.63) is 0 Å². The number of amides is 2. The van der Waals surface area contributed by atoms with Crippen LogP contribution >= 0.6 is 0 Å². The van der Waals surface area contributed by atoms with Crippen molar-refractivity contribution in [1.82, 2.24) is 10.2 Å². The van der Waals surface area contributed by atoms with Crippen molar-refractivity contribution in [3.8, 4) is 0 Å². The average Bonchev–Trinajstić information content (AvgIpc) is 2.57. The van der Waals surface area contributed by atoms with Crippen LogP contribution in [0.5, 0.6) is 0 Å². The molecule has 6 heteroatoms. The number of carbonyl (C=O) groups is 3. The minimum Gasteiger partial charge on any atom is -0.467 e. The quantitative estimate of drug-likeness (QED) is 0.778. The van der Waals surface area contributed by atoms with E-state index in [1.165, 1.54) is 7.11 Å². The fraction of sp³-hybridized carbons (Fsp3) is 0.833. The number of hydrogen-bond acceptors (Lipinski definition) is 4. The van der Waals surface area contributed by atoms with Crippen LogP contribution in [0.1, 0.15) is 60.3 Å². The lowest BCUT2D eigenvalue weighted by molar-refractivity contribution is -0.153. The summed E-state index contributed by atoms with van der Waals surface area (Å²) in [5.74, 6) is -0.813. The van der Waals surface area contributed by atoms with E-state index < -0.39 is 16.9 Å². The van der Waals surface area contributed by atoms with Crippen LogP contribution < -0.4 is 5.32 Å². The SMILES string of the molecule is CCC(CC)(NC(=O)[C@@H]1CCCN(C(=O)C(C)(C)C)C1)C(=O)OC. The summed E-state index contributed by atoms with van der Waals surface area (Å²) in [6, 6.07) is 0. The van der Waals surface area contributed by atoms with Crippen LogP contribution in [0.25, 0.3) is 0 Å². The normalized spacial score (nSPS) is 18.9. The van der Waals surface area contributed by atoms with Gasteiger partial charge in [-0.15, -0.1) is 0 Å². The first-order valence-corrected chi connectivity index (χ1v) is 8.81. The van der Waals surface area contributed by atoms with Gasteiger partial charge in [0.15, 0.2) is 0 Å². The largest absolute Gasteiger partial charge is 0.467 e. The van der Waals surface area contributed by atoms with Crippen LogP contribution in [-0.4, -0.2) is 48.4 Å². The standard InChI is InChI=1S/C18H32N2O4/c1-7-18(8-2,16(23)24-6)19-14(21)13-10-9-11-20(12-13)15(22)17(3,4)5/h13H,7-12H2,1-6H3,(H,19,21)/t13-/m1/s1. The molecule has 24 heavy (non-hydrogen) atoms. The molecule has 1 saturated heterocycles. The molecule has 6 nitrogen and oxygen atoms in total. The fourth-order valence-corrected chi connectivity index (χ4v) is 3.15. The highest BCUT2D eigenvalue weighted by atomic mass is 16.5. The summed E-state index contributed by atoms with van der Waals surface area (Å²) in [5.41, 5.74) is -1.44. The lowest BCUT2D eigenvalue weighted by Gasteiger charge is -2.37. The molecule has 0 saturated carbocycles. The van der Waals surface area contributed by atoms with Crippen LogP contribution in [0.15, 0.2) is 0 Å². The van der Waals surface area contributed by atoms with Gasteiger partial charge in [-0.3, -0.25) is 9.59 Å². The first kappa shape index (κ1) is 20.5. The maximum absolute atomic E-state index is 12.7. The lowest BCUT2D eigenvalue weighted by atomic mass is 9.88. The van der Waals surface area contributed by atoms with Gasteiger partial charge in [-0.25, -0.2) is 4.79 Å². The molecule has 1 heterocycles. The maximum atomic E-state index is 12.7. The van der Waals surface area contributed by atoms with Crippen molar-refractivity contribution < 1.29 is 19.1 Å². The molecule has 0 aliphatic carbocycles. The summed E-state index contributed by atoms with van der Waals surface area (Å²) in [6.45, 7) is 10.5. The van der Waals surface area contributed by atoms with Crippen molar-refractivity contribution in [2.24, 2.45) is 11.3 Å². The molecule has 0 unspecified atom stereocenters. The van der Waals surface area contributed by atoms with Crippen LogP contribution in [0.4, 0.5) is 0 Å². The lowest BCUT2D eigenvalue weighted by Crippen LogP contribution is -2.57. The van der Waals surface area contributed by atoms with Gasteiger partial charge in [-0.05, 0) is 25.7 Å². The fourth-order valence-electron chi connectivity index (χ4n) is 3.15. The van der Waals surface area contributed by atoms with Crippen LogP contribution in [-0.2, 0) is 19.1 Å². The molecule has 138 valence electrons. The Morgan fingerprint density at radius 1 is 1.17 bits per heavy atom. The third-order valence-electron chi connectivity index (χ3n) is 4.87. The van der Waals surface area contributed by atoms with Crippen LogP contribution in [0, 0.1) is 11.3 Å². The van der Waals surface area contributed by atoms with Gasteiger partial charge in [-0.1, -0.05) is 34.6 Å². The minimum absolute atomic E-state index is 0.0604. The van der Waals surface area contributed by atoms with Crippen molar-refractivity contribution in [2.45, 2.75) is 65.8 Å². The Hall–Kier alpha value is -1.59. The predicted octanol–water partition coefficient (Wildman–Crippen LogP) is 2.12. The maximum Gasteiger partial charge on any atom is 0.331 e. The molecule has 1 rings (SSSR count). The molecule has 0 radical (unpaired) electrons. The molecule has 1 aliphatic rings. The van der Waals surface area contributed by atoms with Gasteiger partial charge >= 0.3 is 5.97 Å². The Labute approximate surface area is 145 Å². The summed E-state index contributed by atoms with van der Waals surface area (Å²) < 4.78 is 4.87. The Bertz CT molecular complexity index is 478. The molecule has 1 aliphatic heterocycles. The van der Waals surface area contributed by atoms with Gasteiger partial charge < -0.3 is 15.0 Å². The van der Waals surface area contributed by atoms with E-state index in [2.05, 4.69) is 5.32 Å². The summed E-state index contributed by atoms with van der Waals surface area (Å²) in [4.78, 5) is 39.1. The number of carbonyl (C=O) groups excluding carboxylic acids is 3. The van der Waals surface area contributed by atoms with Gasteiger partial charge in [0.25, 0.3) is 0 Å². The summed E-state index contributed by atoms with van der Waals surface area (Å²) >= 11 is 0.